The highest BCUT2D eigenvalue weighted by Crippen LogP contribution is 1.80. The lowest BCUT2D eigenvalue weighted by Crippen LogP contribution is -2.08. The predicted octanol–water partition coefficient (Wildman–Crippen LogP) is 1.99. The highest BCUT2D eigenvalue weighted by molar-refractivity contribution is 5.73. The molecule has 1 aromatic rings. The van der Waals surface area contributed by atoms with E-state index in [2.05, 4.69) is 0 Å². The summed E-state index contributed by atoms with van der Waals surface area (Å²) in [4.78, 5) is 9.82. The molecule has 0 aliphatic heterocycles. The Morgan fingerprint density at radius 2 is 1.38 bits per heavy atom. The Hall–Kier alpha value is -2.33. The molecular formula is C12H15N3O. The molecule has 0 atom stereocenters. The molecule has 1 aromatic carbocycles. The molecule has 0 spiro atoms. The number of hydrogen-bond acceptors (Lipinski definition) is 3. The van der Waals surface area contributed by atoms with Gasteiger partial charge >= 0.3 is 0 Å². The van der Waals surface area contributed by atoms with Crippen LogP contribution in [-0.2, 0) is 4.79 Å². The van der Waals surface area contributed by atoms with E-state index in [-0.39, 0.29) is 5.91 Å². The summed E-state index contributed by atoms with van der Waals surface area (Å²) < 4.78 is 0. The number of rotatable bonds is 2. The fraction of sp³-hybridized carbons (Fsp3) is 0.250. The molecule has 0 radical (unpaired) electrons. The van der Waals surface area contributed by atoms with E-state index >= 15 is 0 Å². The third kappa shape index (κ3) is 22.6. The zero-order valence-electron chi connectivity index (χ0n) is 9.26. The normalized spacial score (nSPS) is 6.69. The Morgan fingerprint density at radius 3 is 1.44 bits per heavy atom. The fourth-order valence-electron chi connectivity index (χ4n) is 0.631. The maximum atomic E-state index is 9.82. The number of amides is 1. The number of nitriles is 2. The van der Waals surface area contributed by atoms with Crippen LogP contribution >= 0.6 is 0 Å². The zero-order valence-corrected chi connectivity index (χ0v) is 9.26. The molecule has 16 heavy (non-hydrogen) atoms. The highest BCUT2D eigenvalue weighted by atomic mass is 16.1. The summed E-state index contributed by atoms with van der Waals surface area (Å²) in [6, 6.07) is 14.5. The van der Waals surface area contributed by atoms with E-state index in [4.69, 9.17) is 16.3 Å². The van der Waals surface area contributed by atoms with Crippen molar-refractivity contribution in [3.05, 3.63) is 36.4 Å². The minimum Gasteiger partial charge on any atom is -0.370 e. The second kappa shape index (κ2) is 15.2. The maximum absolute atomic E-state index is 9.82. The van der Waals surface area contributed by atoms with Crippen LogP contribution in [0.5, 0.6) is 0 Å². The Balaban J connectivity index is 0. The maximum Gasteiger partial charge on any atom is 0.217 e. The smallest absolute Gasteiger partial charge is 0.217 e. The van der Waals surface area contributed by atoms with Gasteiger partial charge in [0.2, 0.25) is 5.91 Å². The van der Waals surface area contributed by atoms with Crippen LogP contribution in [-0.4, -0.2) is 5.91 Å². The number of hydrogen-bond donors (Lipinski definition) is 1. The van der Waals surface area contributed by atoms with Crippen molar-refractivity contribution in [3.8, 4) is 12.1 Å². The number of carbonyl (C=O) groups is 1. The minimum absolute atomic E-state index is 0.211. The summed E-state index contributed by atoms with van der Waals surface area (Å²) in [5.74, 6) is -0.211. The van der Waals surface area contributed by atoms with Crippen LogP contribution in [0.15, 0.2) is 36.4 Å². The van der Waals surface area contributed by atoms with Gasteiger partial charge in [-0.15, -0.1) is 0 Å². The third-order valence-corrected chi connectivity index (χ3v) is 1.21. The molecule has 0 saturated carbocycles. The predicted molar refractivity (Wildman–Crippen MR) is 61.8 cm³/mol. The monoisotopic (exact) mass is 217 g/mol. The number of nitrogens with two attached hydrogens (primary N) is 1. The number of carbonyl (C=O) groups excluding carboxylic acids is 1. The van der Waals surface area contributed by atoms with Crippen molar-refractivity contribution in [2.45, 2.75) is 19.8 Å². The molecule has 0 aliphatic carbocycles. The summed E-state index contributed by atoms with van der Waals surface area (Å²) in [6.07, 6.45) is 1.37. The SMILES string of the molecule is CCCC(N)=O.N#CC#N.c1ccccc1. The van der Waals surface area contributed by atoms with E-state index in [0.29, 0.717) is 6.42 Å². The standard InChI is InChI=1S/C6H6.C4H9NO.C2N2/c1-2-4-6-5-3-1;1-2-3-4(5)6;3-1-2-4/h1-6H;2-3H2,1H3,(H2,5,6);. The van der Waals surface area contributed by atoms with Gasteiger partial charge in [-0.05, 0) is 6.42 Å². The molecule has 0 heterocycles. The van der Waals surface area contributed by atoms with Gasteiger partial charge in [-0.1, -0.05) is 43.3 Å². The Bertz CT molecular complexity index is 297. The van der Waals surface area contributed by atoms with Gasteiger partial charge in [-0.2, -0.15) is 10.5 Å². The lowest BCUT2D eigenvalue weighted by molar-refractivity contribution is -0.118. The minimum atomic E-state index is -0.211. The second-order valence-electron chi connectivity index (χ2n) is 2.59. The van der Waals surface area contributed by atoms with Crippen LogP contribution in [0.1, 0.15) is 19.8 Å². The van der Waals surface area contributed by atoms with Gasteiger partial charge in [-0.3, -0.25) is 4.79 Å². The van der Waals surface area contributed by atoms with Crippen LogP contribution in [0, 0.1) is 22.7 Å². The van der Waals surface area contributed by atoms with Gasteiger partial charge in [0.05, 0.1) is 0 Å². The van der Waals surface area contributed by atoms with Crippen molar-refractivity contribution in [1.82, 2.24) is 0 Å². The van der Waals surface area contributed by atoms with Crippen molar-refractivity contribution < 1.29 is 4.79 Å². The Kier molecular flexibility index (Phi) is 15.3. The number of benzene rings is 1. The van der Waals surface area contributed by atoms with Crippen molar-refractivity contribution in [2.75, 3.05) is 0 Å². The molecule has 0 saturated heterocycles. The first-order valence-corrected chi connectivity index (χ1v) is 4.75. The van der Waals surface area contributed by atoms with E-state index in [9.17, 15) is 4.79 Å². The molecule has 0 fully saturated rings. The molecule has 0 aliphatic rings. The quantitative estimate of drug-likeness (QED) is 0.821. The molecule has 84 valence electrons. The number of nitrogens with zero attached hydrogens (tertiary/aromatic N) is 2. The largest absolute Gasteiger partial charge is 0.370 e. The second-order valence-corrected chi connectivity index (χ2v) is 2.59. The van der Waals surface area contributed by atoms with Gasteiger partial charge in [0.25, 0.3) is 0 Å². The molecule has 4 heteroatoms. The average molecular weight is 217 g/mol. The molecule has 2 N–H and O–H groups in total. The summed E-state index contributed by atoms with van der Waals surface area (Å²) in [7, 11) is 0. The van der Waals surface area contributed by atoms with E-state index in [1.165, 1.54) is 12.1 Å². The topological polar surface area (TPSA) is 90.7 Å². The van der Waals surface area contributed by atoms with E-state index in [1.807, 2.05) is 43.3 Å². The number of primary amides is 1. The highest BCUT2D eigenvalue weighted by Gasteiger charge is 1.84. The van der Waals surface area contributed by atoms with Gasteiger partial charge in [0.15, 0.2) is 12.1 Å². The van der Waals surface area contributed by atoms with Gasteiger partial charge in [0.1, 0.15) is 0 Å². The summed E-state index contributed by atoms with van der Waals surface area (Å²) in [5.41, 5.74) is 4.76. The molecular weight excluding hydrogens is 202 g/mol. The molecule has 0 bridgehead atoms. The van der Waals surface area contributed by atoms with E-state index in [1.54, 1.807) is 0 Å². The summed E-state index contributed by atoms with van der Waals surface area (Å²) in [6.45, 7) is 1.92. The van der Waals surface area contributed by atoms with Gasteiger partial charge in [-0.25, -0.2) is 0 Å². The van der Waals surface area contributed by atoms with Crippen LogP contribution in [0.25, 0.3) is 0 Å². The van der Waals surface area contributed by atoms with Crippen LogP contribution < -0.4 is 5.73 Å². The molecule has 0 aromatic heterocycles. The van der Waals surface area contributed by atoms with Gasteiger partial charge in [0, 0.05) is 6.42 Å². The molecule has 4 nitrogen and oxygen atoms in total. The summed E-state index contributed by atoms with van der Waals surface area (Å²) in [5, 5.41) is 14.5. The van der Waals surface area contributed by atoms with Crippen molar-refractivity contribution in [3.63, 3.8) is 0 Å². The van der Waals surface area contributed by atoms with E-state index in [0.717, 1.165) is 6.42 Å². The van der Waals surface area contributed by atoms with Crippen molar-refractivity contribution in [1.29, 1.82) is 10.5 Å². The third-order valence-electron chi connectivity index (χ3n) is 1.21. The molecule has 1 rings (SSSR count). The molecule has 0 unspecified atom stereocenters. The van der Waals surface area contributed by atoms with Crippen LogP contribution in [0.4, 0.5) is 0 Å². The zero-order chi connectivity index (χ0) is 12.6. The fourth-order valence-corrected chi connectivity index (χ4v) is 0.631. The van der Waals surface area contributed by atoms with Crippen molar-refractivity contribution in [2.24, 2.45) is 5.73 Å². The van der Waals surface area contributed by atoms with E-state index < -0.39 is 0 Å². The Morgan fingerprint density at radius 1 is 1.06 bits per heavy atom. The molecule has 1 amide bonds. The average Bonchev–Trinajstić information content (AvgIpc) is 2.32. The summed E-state index contributed by atoms with van der Waals surface area (Å²) >= 11 is 0. The first-order chi connectivity index (χ1) is 7.68. The van der Waals surface area contributed by atoms with Crippen LogP contribution in [0.3, 0.4) is 0 Å². The Labute approximate surface area is 95.9 Å². The van der Waals surface area contributed by atoms with Gasteiger partial charge < -0.3 is 5.73 Å². The lowest BCUT2D eigenvalue weighted by atomic mass is 10.3. The first kappa shape index (κ1) is 16.1. The lowest BCUT2D eigenvalue weighted by Gasteiger charge is -1.81. The van der Waals surface area contributed by atoms with Crippen molar-refractivity contribution >= 4 is 5.91 Å². The van der Waals surface area contributed by atoms with Crippen LogP contribution in [0.2, 0.25) is 0 Å². The first-order valence-electron chi connectivity index (χ1n) is 4.75.